The van der Waals surface area contributed by atoms with Crippen LogP contribution in [0.15, 0.2) is 36.8 Å². The van der Waals surface area contributed by atoms with Gasteiger partial charge in [-0.2, -0.15) is 5.10 Å². The number of benzene rings is 1. The molecule has 0 bridgehead atoms. The monoisotopic (exact) mass is 408 g/mol. The summed E-state index contributed by atoms with van der Waals surface area (Å²) in [6, 6.07) is 6.69. The van der Waals surface area contributed by atoms with Crippen molar-refractivity contribution >= 4 is 22.5 Å². The molecule has 3 aromatic rings. The van der Waals surface area contributed by atoms with Crippen molar-refractivity contribution < 1.29 is 9.47 Å². The minimum Gasteiger partial charge on any atom is -0.488 e. The fraction of sp³-hybridized carbons (Fsp3) is 0.500. The molecule has 0 spiro atoms. The molecule has 0 unspecified atom stereocenters. The molecule has 1 aromatic carbocycles. The number of anilines is 2. The number of hydrogen-bond donors (Lipinski definition) is 1. The van der Waals surface area contributed by atoms with E-state index in [1.54, 1.807) is 12.4 Å². The zero-order valence-electron chi connectivity index (χ0n) is 17.3. The van der Waals surface area contributed by atoms with Gasteiger partial charge in [-0.3, -0.25) is 9.67 Å². The molecular weight excluding hydrogens is 380 g/mol. The summed E-state index contributed by atoms with van der Waals surface area (Å²) in [7, 11) is 1.94. The summed E-state index contributed by atoms with van der Waals surface area (Å²) < 4.78 is 13.8. The van der Waals surface area contributed by atoms with Crippen molar-refractivity contribution in [1.82, 2.24) is 19.7 Å². The molecule has 158 valence electrons. The Morgan fingerprint density at radius 2 is 1.87 bits per heavy atom. The first-order valence-corrected chi connectivity index (χ1v) is 10.7. The summed E-state index contributed by atoms with van der Waals surface area (Å²) >= 11 is 0. The standard InChI is InChI=1S/C22H28N6O2/c1-27-9-6-21(26-27)25-16-2-4-18(5-3-16)30-20-15-17(28-10-12-29-13-11-28)14-19-22(20)24-8-7-23-19/h6-9,14-16,18H,2-5,10-13H2,1H3,(H,25,26)/t16-,18+. The minimum atomic E-state index is 0.192. The number of ether oxygens (including phenoxy) is 2. The number of nitrogens with one attached hydrogen (secondary N) is 1. The molecule has 2 aliphatic rings. The fourth-order valence-corrected chi connectivity index (χ4v) is 4.33. The molecule has 1 saturated carbocycles. The first kappa shape index (κ1) is 19.1. The van der Waals surface area contributed by atoms with Gasteiger partial charge in [0.05, 0.1) is 24.8 Å². The molecule has 1 aliphatic carbocycles. The second-order valence-corrected chi connectivity index (χ2v) is 8.08. The lowest BCUT2D eigenvalue weighted by atomic mass is 9.93. The van der Waals surface area contributed by atoms with Gasteiger partial charge in [0.2, 0.25) is 0 Å². The summed E-state index contributed by atoms with van der Waals surface area (Å²) in [5, 5.41) is 7.96. The van der Waals surface area contributed by atoms with Gasteiger partial charge in [-0.25, -0.2) is 4.98 Å². The first-order chi connectivity index (χ1) is 14.7. The lowest BCUT2D eigenvalue weighted by Gasteiger charge is -2.31. The van der Waals surface area contributed by atoms with Crippen LogP contribution in [0.4, 0.5) is 11.5 Å². The van der Waals surface area contributed by atoms with E-state index in [1.807, 2.05) is 24.0 Å². The van der Waals surface area contributed by atoms with Crippen LogP contribution < -0.4 is 15.0 Å². The van der Waals surface area contributed by atoms with Gasteiger partial charge < -0.3 is 19.7 Å². The molecule has 5 rings (SSSR count). The van der Waals surface area contributed by atoms with Gasteiger partial charge in [-0.15, -0.1) is 0 Å². The van der Waals surface area contributed by atoms with E-state index in [0.717, 1.165) is 80.3 Å². The van der Waals surface area contributed by atoms with Gasteiger partial charge in [-0.1, -0.05) is 0 Å². The summed E-state index contributed by atoms with van der Waals surface area (Å²) in [5.41, 5.74) is 2.84. The Bertz CT molecular complexity index is 992. The molecule has 8 heteroatoms. The van der Waals surface area contributed by atoms with Crippen LogP contribution >= 0.6 is 0 Å². The van der Waals surface area contributed by atoms with E-state index in [-0.39, 0.29) is 6.10 Å². The third-order valence-electron chi connectivity index (χ3n) is 5.93. The normalized spacial score (nSPS) is 22.2. The van der Waals surface area contributed by atoms with Crippen LogP contribution in [-0.2, 0) is 11.8 Å². The van der Waals surface area contributed by atoms with Crippen LogP contribution in [-0.4, -0.2) is 58.2 Å². The molecular formula is C22H28N6O2. The number of fused-ring (bicyclic) bond motifs is 1. The Balaban J connectivity index is 1.29. The van der Waals surface area contributed by atoms with Crippen molar-refractivity contribution in [3.63, 3.8) is 0 Å². The van der Waals surface area contributed by atoms with Crippen molar-refractivity contribution in [3.8, 4) is 5.75 Å². The number of nitrogens with zero attached hydrogens (tertiary/aromatic N) is 5. The molecule has 1 aliphatic heterocycles. The molecule has 2 aromatic heterocycles. The smallest absolute Gasteiger partial charge is 0.149 e. The zero-order chi connectivity index (χ0) is 20.3. The molecule has 30 heavy (non-hydrogen) atoms. The number of aryl methyl sites for hydroxylation is 1. The SMILES string of the molecule is Cn1ccc(N[C@H]2CC[C@@H](Oc3cc(N4CCOCC4)cc4nccnc34)CC2)n1. The van der Waals surface area contributed by atoms with Gasteiger partial charge in [0.15, 0.2) is 0 Å². The van der Waals surface area contributed by atoms with Gasteiger partial charge >= 0.3 is 0 Å². The maximum atomic E-state index is 6.49. The molecule has 3 heterocycles. The van der Waals surface area contributed by atoms with Gasteiger partial charge in [0, 0.05) is 62.6 Å². The van der Waals surface area contributed by atoms with Crippen molar-refractivity contribution in [2.24, 2.45) is 7.05 Å². The van der Waals surface area contributed by atoms with E-state index in [2.05, 4.69) is 37.4 Å². The van der Waals surface area contributed by atoms with Crippen molar-refractivity contribution in [1.29, 1.82) is 0 Å². The molecule has 1 N–H and O–H groups in total. The molecule has 0 atom stereocenters. The second kappa shape index (κ2) is 8.47. The van der Waals surface area contributed by atoms with Crippen LogP contribution in [0.2, 0.25) is 0 Å². The second-order valence-electron chi connectivity index (χ2n) is 8.08. The van der Waals surface area contributed by atoms with E-state index in [0.29, 0.717) is 6.04 Å². The number of hydrogen-bond acceptors (Lipinski definition) is 7. The Morgan fingerprint density at radius 1 is 1.07 bits per heavy atom. The lowest BCUT2D eigenvalue weighted by Crippen LogP contribution is -2.36. The fourth-order valence-electron chi connectivity index (χ4n) is 4.33. The highest BCUT2D eigenvalue weighted by molar-refractivity contribution is 5.85. The summed E-state index contributed by atoms with van der Waals surface area (Å²) in [4.78, 5) is 11.4. The molecule has 0 amide bonds. The van der Waals surface area contributed by atoms with Crippen LogP contribution in [0.25, 0.3) is 11.0 Å². The van der Waals surface area contributed by atoms with Crippen LogP contribution in [0, 0.1) is 0 Å². The first-order valence-electron chi connectivity index (χ1n) is 10.7. The highest BCUT2D eigenvalue weighted by Crippen LogP contribution is 2.33. The van der Waals surface area contributed by atoms with Gasteiger partial charge in [-0.05, 0) is 31.7 Å². The third-order valence-corrected chi connectivity index (χ3v) is 5.93. The lowest BCUT2D eigenvalue weighted by molar-refractivity contribution is 0.122. The molecule has 8 nitrogen and oxygen atoms in total. The Hall–Kier alpha value is -2.87. The zero-order valence-corrected chi connectivity index (χ0v) is 17.3. The number of rotatable bonds is 5. The summed E-state index contributed by atoms with van der Waals surface area (Å²) in [6.45, 7) is 3.27. The van der Waals surface area contributed by atoms with E-state index in [9.17, 15) is 0 Å². The van der Waals surface area contributed by atoms with Crippen LogP contribution in [0.1, 0.15) is 25.7 Å². The maximum Gasteiger partial charge on any atom is 0.149 e. The van der Waals surface area contributed by atoms with Crippen molar-refractivity contribution in [3.05, 3.63) is 36.8 Å². The highest BCUT2D eigenvalue weighted by atomic mass is 16.5. The largest absolute Gasteiger partial charge is 0.488 e. The topological polar surface area (TPSA) is 77.3 Å². The Labute approximate surface area is 176 Å². The van der Waals surface area contributed by atoms with Crippen molar-refractivity contribution in [2.75, 3.05) is 36.5 Å². The number of aromatic nitrogens is 4. The van der Waals surface area contributed by atoms with Crippen LogP contribution in [0.3, 0.4) is 0 Å². The summed E-state index contributed by atoms with van der Waals surface area (Å²) in [5.74, 6) is 1.78. The predicted molar refractivity (Wildman–Crippen MR) is 116 cm³/mol. The van der Waals surface area contributed by atoms with Crippen LogP contribution in [0.5, 0.6) is 5.75 Å². The predicted octanol–water partition coefficient (Wildman–Crippen LogP) is 3.00. The summed E-state index contributed by atoms with van der Waals surface area (Å²) in [6.07, 6.45) is 9.77. The van der Waals surface area contributed by atoms with Gasteiger partial charge in [0.1, 0.15) is 17.1 Å². The highest BCUT2D eigenvalue weighted by Gasteiger charge is 2.24. The molecule has 1 saturated heterocycles. The molecule has 0 radical (unpaired) electrons. The Kier molecular flexibility index (Phi) is 5.40. The van der Waals surface area contributed by atoms with E-state index < -0.39 is 0 Å². The quantitative estimate of drug-likeness (QED) is 0.695. The third kappa shape index (κ3) is 4.18. The van der Waals surface area contributed by atoms with E-state index in [4.69, 9.17) is 9.47 Å². The average Bonchev–Trinajstić information content (AvgIpc) is 3.20. The van der Waals surface area contributed by atoms with E-state index in [1.165, 1.54) is 0 Å². The average molecular weight is 409 g/mol. The van der Waals surface area contributed by atoms with Gasteiger partial charge in [0.25, 0.3) is 0 Å². The minimum absolute atomic E-state index is 0.192. The molecule has 2 fully saturated rings. The Morgan fingerprint density at radius 3 is 2.63 bits per heavy atom. The van der Waals surface area contributed by atoms with E-state index >= 15 is 0 Å². The maximum absolute atomic E-state index is 6.49. The van der Waals surface area contributed by atoms with Crippen molar-refractivity contribution in [2.45, 2.75) is 37.8 Å². The number of morpholine rings is 1.